The van der Waals surface area contributed by atoms with Crippen LogP contribution in [0.4, 0.5) is 0 Å². The molecule has 4 rings (SSSR count). The minimum absolute atomic E-state index is 0.456. The van der Waals surface area contributed by atoms with E-state index in [1.807, 2.05) is 0 Å². The van der Waals surface area contributed by atoms with Crippen molar-refractivity contribution in [2.45, 2.75) is 25.3 Å². The van der Waals surface area contributed by atoms with Crippen LogP contribution in [0, 0.1) is 0 Å². The average Bonchev–Trinajstić information content (AvgIpc) is 3.05. The number of thiazole rings is 1. The first-order valence-electron chi connectivity index (χ1n) is 7.58. The quantitative estimate of drug-likeness (QED) is 0.736. The van der Waals surface area contributed by atoms with Gasteiger partial charge in [-0.2, -0.15) is 0 Å². The first-order valence-corrected chi connectivity index (χ1v) is 8.46. The molecular formula is C18H18N2S. The molecule has 2 heterocycles. The highest BCUT2D eigenvalue weighted by Gasteiger charge is 2.18. The van der Waals surface area contributed by atoms with Gasteiger partial charge in [0.05, 0.1) is 11.7 Å². The van der Waals surface area contributed by atoms with E-state index in [1.165, 1.54) is 40.6 Å². The van der Waals surface area contributed by atoms with E-state index in [2.05, 4.69) is 53.2 Å². The van der Waals surface area contributed by atoms with E-state index >= 15 is 0 Å². The van der Waals surface area contributed by atoms with Crippen LogP contribution in [-0.2, 0) is 0 Å². The van der Waals surface area contributed by atoms with Gasteiger partial charge in [-0.05, 0) is 36.2 Å². The normalized spacial score (nSPS) is 19.0. The number of benzene rings is 2. The van der Waals surface area contributed by atoms with Gasteiger partial charge in [0, 0.05) is 10.9 Å². The first kappa shape index (κ1) is 13.0. The van der Waals surface area contributed by atoms with Crippen LogP contribution in [0.3, 0.4) is 0 Å². The Hall–Kier alpha value is -1.71. The number of nitrogens with one attached hydrogen (secondary N) is 1. The summed E-state index contributed by atoms with van der Waals surface area (Å²) >= 11 is 1.78. The molecule has 1 saturated heterocycles. The molecule has 1 N–H and O–H groups in total. The van der Waals surface area contributed by atoms with Gasteiger partial charge in [0.15, 0.2) is 0 Å². The van der Waals surface area contributed by atoms with Gasteiger partial charge in [0.1, 0.15) is 5.01 Å². The molecule has 0 spiro atoms. The monoisotopic (exact) mass is 294 g/mol. The number of nitrogens with zero attached hydrogens (tertiary/aromatic N) is 1. The number of piperidine rings is 1. The molecule has 1 atom stereocenters. The van der Waals surface area contributed by atoms with Crippen molar-refractivity contribution in [3.8, 4) is 11.3 Å². The molecule has 0 bridgehead atoms. The van der Waals surface area contributed by atoms with Gasteiger partial charge in [-0.25, -0.2) is 4.98 Å². The second-order valence-electron chi connectivity index (χ2n) is 5.64. The SMILES string of the molecule is c1ccc2cc(-c3csc(C4CCCCN4)n3)ccc2c1. The maximum Gasteiger partial charge on any atom is 0.110 e. The van der Waals surface area contributed by atoms with Crippen LogP contribution in [0.1, 0.15) is 30.3 Å². The van der Waals surface area contributed by atoms with Crippen LogP contribution >= 0.6 is 11.3 Å². The summed E-state index contributed by atoms with van der Waals surface area (Å²) in [5, 5.41) is 9.56. The lowest BCUT2D eigenvalue weighted by molar-refractivity contribution is 0.411. The number of rotatable bonds is 2. The molecule has 1 aliphatic rings. The fourth-order valence-electron chi connectivity index (χ4n) is 2.99. The summed E-state index contributed by atoms with van der Waals surface area (Å²) in [6, 6.07) is 15.5. The molecule has 1 unspecified atom stereocenters. The maximum absolute atomic E-state index is 4.87. The molecule has 0 aliphatic carbocycles. The standard InChI is InChI=1S/C18H18N2S/c1-2-6-14-11-15(9-8-13(14)5-1)17-12-21-18(20-17)16-7-3-4-10-19-16/h1-2,5-6,8-9,11-12,16,19H,3-4,7,10H2. The molecule has 0 radical (unpaired) electrons. The Labute approximate surface area is 128 Å². The van der Waals surface area contributed by atoms with Crippen LogP contribution < -0.4 is 5.32 Å². The first-order chi connectivity index (χ1) is 10.4. The van der Waals surface area contributed by atoms with E-state index in [0.29, 0.717) is 6.04 Å². The Morgan fingerprint density at radius 2 is 1.95 bits per heavy atom. The molecule has 3 aromatic rings. The Balaban J connectivity index is 1.67. The lowest BCUT2D eigenvalue weighted by Crippen LogP contribution is -2.26. The highest BCUT2D eigenvalue weighted by atomic mass is 32.1. The fourth-order valence-corrected chi connectivity index (χ4v) is 3.93. The smallest absolute Gasteiger partial charge is 0.110 e. The largest absolute Gasteiger partial charge is 0.308 e. The number of hydrogen-bond acceptors (Lipinski definition) is 3. The molecule has 1 fully saturated rings. The summed E-state index contributed by atoms with van der Waals surface area (Å²) in [5.74, 6) is 0. The second-order valence-corrected chi connectivity index (χ2v) is 6.53. The molecule has 3 heteroatoms. The summed E-state index contributed by atoms with van der Waals surface area (Å²) in [6.45, 7) is 1.12. The van der Waals surface area contributed by atoms with Crippen LogP contribution in [0.2, 0.25) is 0 Å². The number of aromatic nitrogens is 1. The van der Waals surface area contributed by atoms with Crippen LogP contribution in [0.25, 0.3) is 22.0 Å². The van der Waals surface area contributed by atoms with Gasteiger partial charge in [-0.1, -0.05) is 42.8 Å². The lowest BCUT2D eigenvalue weighted by Gasteiger charge is -2.21. The van der Waals surface area contributed by atoms with Crippen LogP contribution in [0.15, 0.2) is 47.8 Å². The molecule has 21 heavy (non-hydrogen) atoms. The van der Waals surface area contributed by atoms with Gasteiger partial charge in [0.2, 0.25) is 0 Å². The van der Waals surface area contributed by atoms with E-state index in [-0.39, 0.29) is 0 Å². The van der Waals surface area contributed by atoms with Crippen molar-refractivity contribution in [3.63, 3.8) is 0 Å². The highest BCUT2D eigenvalue weighted by Crippen LogP contribution is 2.30. The van der Waals surface area contributed by atoms with E-state index in [0.717, 1.165) is 12.2 Å². The molecule has 106 valence electrons. The van der Waals surface area contributed by atoms with E-state index in [4.69, 9.17) is 4.98 Å². The van der Waals surface area contributed by atoms with Gasteiger partial charge in [0.25, 0.3) is 0 Å². The van der Waals surface area contributed by atoms with Crippen molar-refractivity contribution >= 4 is 22.1 Å². The van der Waals surface area contributed by atoms with Crippen LogP contribution in [0.5, 0.6) is 0 Å². The molecule has 0 amide bonds. The minimum Gasteiger partial charge on any atom is -0.308 e. The Bertz CT molecular complexity index is 757. The predicted molar refractivity (Wildman–Crippen MR) is 89.7 cm³/mol. The molecule has 0 saturated carbocycles. The topological polar surface area (TPSA) is 24.9 Å². The van der Waals surface area contributed by atoms with Crippen LogP contribution in [-0.4, -0.2) is 11.5 Å². The third-order valence-corrected chi connectivity index (χ3v) is 5.13. The number of hydrogen-bond donors (Lipinski definition) is 1. The van der Waals surface area contributed by atoms with Gasteiger partial charge in [-0.3, -0.25) is 0 Å². The zero-order valence-corrected chi connectivity index (χ0v) is 12.7. The van der Waals surface area contributed by atoms with Gasteiger partial charge < -0.3 is 5.32 Å². The zero-order valence-electron chi connectivity index (χ0n) is 11.9. The van der Waals surface area contributed by atoms with Crippen molar-refractivity contribution in [2.24, 2.45) is 0 Å². The minimum atomic E-state index is 0.456. The molecule has 1 aliphatic heterocycles. The highest BCUT2D eigenvalue weighted by molar-refractivity contribution is 7.10. The van der Waals surface area contributed by atoms with Gasteiger partial charge >= 0.3 is 0 Å². The fraction of sp³-hybridized carbons (Fsp3) is 0.278. The van der Waals surface area contributed by atoms with Crippen molar-refractivity contribution < 1.29 is 0 Å². The van der Waals surface area contributed by atoms with Crippen molar-refractivity contribution in [1.29, 1.82) is 0 Å². The molecule has 2 aromatic carbocycles. The second kappa shape index (κ2) is 5.58. The molecular weight excluding hydrogens is 276 g/mol. The zero-order chi connectivity index (χ0) is 14.1. The predicted octanol–water partition coefficient (Wildman–Crippen LogP) is 4.78. The summed E-state index contributed by atoms with van der Waals surface area (Å²) < 4.78 is 0. The van der Waals surface area contributed by atoms with Crippen molar-refractivity contribution in [2.75, 3.05) is 6.54 Å². The van der Waals surface area contributed by atoms with E-state index < -0.39 is 0 Å². The maximum atomic E-state index is 4.87. The Morgan fingerprint density at radius 1 is 1.05 bits per heavy atom. The van der Waals surface area contributed by atoms with E-state index in [1.54, 1.807) is 11.3 Å². The average molecular weight is 294 g/mol. The van der Waals surface area contributed by atoms with E-state index in [9.17, 15) is 0 Å². The third kappa shape index (κ3) is 2.59. The lowest BCUT2D eigenvalue weighted by atomic mass is 10.0. The summed E-state index contributed by atoms with van der Waals surface area (Å²) in [5.41, 5.74) is 2.32. The van der Waals surface area contributed by atoms with Crippen molar-refractivity contribution in [3.05, 3.63) is 52.9 Å². The Morgan fingerprint density at radius 3 is 2.81 bits per heavy atom. The third-order valence-electron chi connectivity index (χ3n) is 4.18. The summed E-state index contributed by atoms with van der Waals surface area (Å²) in [4.78, 5) is 4.87. The summed E-state index contributed by atoms with van der Waals surface area (Å²) in [7, 11) is 0. The number of fused-ring (bicyclic) bond motifs is 1. The Kier molecular flexibility index (Phi) is 3.45. The van der Waals surface area contributed by atoms with Crippen molar-refractivity contribution in [1.82, 2.24) is 10.3 Å². The van der Waals surface area contributed by atoms with Gasteiger partial charge in [-0.15, -0.1) is 11.3 Å². The summed E-state index contributed by atoms with van der Waals surface area (Å²) in [6.07, 6.45) is 3.81. The molecule has 2 nitrogen and oxygen atoms in total. The molecule has 1 aromatic heterocycles.